The molecule has 0 bridgehead atoms. The van der Waals surface area contributed by atoms with E-state index in [1.165, 1.54) is 12.1 Å². The number of nitrogens with zero attached hydrogens (tertiary/aromatic N) is 2. The highest BCUT2D eigenvalue weighted by atomic mass is 19.1. The van der Waals surface area contributed by atoms with Crippen molar-refractivity contribution in [3.63, 3.8) is 0 Å². The molecule has 154 valence electrons. The molecule has 31 heavy (non-hydrogen) atoms. The van der Waals surface area contributed by atoms with Gasteiger partial charge in [-0.15, -0.1) is 0 Å². The summed E-state index contributed by atoms with van der Waals surface area (Å²) in [5, 5.41) is 0. The zero-order chi connectivity index (χ0) is 21.0. The van der Waals surface area contributed by atoms with E-state index in [1.807, 2.05) is 30.3 Å². The molecule has 1 saturated carbocycles. The maximum atomic E-state index is 13.2. The molecule has 0 saturated heterocycles. The van der Waals surface area contributed by atoms with Crippen LogP contribution >= 0.6 is 0 Å². The maximum absolute atomic E-state index is 13.2. The van der Waals surface area contributed by atoms with Crippen molar-refractivity contribution >= 4 is 17.1 Å². The predicted molar refractivity (Wildman–Crippen MR) is 114 cm³/mol. The number of nitrogens with one attached hydrogen (secondary N) is 1. The standard InChI is InChI=1S/C25H20FN3O2/c26-18-7-5-15(6-8-18)17-13-21-23(27-14-17)29-22(28-21)16-9-11-25(12-10-16)20-4-2-1-3-19(20)24(30)31-25/h1-8,13-14,16H,9-12H2,(H,27,28,29)/t16-,25-. The molecular formula is C25H20FN3O2. The molecule has 6 rings (SSSR count). The van der Waals surface area contributed by atoms with Gasteiger partial charge in [-0.3, -0.25) is 0 Å². The summed E-state index contributed by atoms with van der Waals surface area (Å²) in [6, 6.07) is 16.1. The third-order valence-electron chi connectivity index (χ3n) is 6.64. The number of aromatic nitrogens is 3. The highest BCUT2D eigenvalue weighted by Crippen LogP contribution is 2.49. The highest BCUT2D eigenvalue weighted by molar-refractivity contribution is 5.94. The van der Waals surface area contributed by atoms with Crippen molar-refractivity contribution in [3.8, 4) is 11.1 Å². The number of benzene rings is 2. The van der Waals surface area contributed by atoms with Crippen molar-refractivity contribution in [2.45, 2.75) is 37.2 Å². The van der Waals surface area contributed by atoms with Crippen LogP contribution in [0.3, 0.4) is 0 Å². The molecule has 1 spiro atoms. The Morgan fingerprint density at radius 2 is 1.81 bits per heavy atom. The van der Waals surface area contributed by atoms with Crippen LogP contribution in [0.25, 0.3) is 22.3 Å². The lowest BCUT2D eigenvalue weighted by Crippen LogP contribution is -2.31. The highest BCUT2D eigenvalue weighted by Gasteiger charge is 2.47. The van der Waals surface area contributed by atoms with E-state index in [2.05, 4.69) is 9.97 Å². The normalized spacial score (nSPS) is 22.6. The van der Waals surface area contributed by atoms with Gasteiger partial charge in [0.25, 0.3) is 0 Å². The Kier molecular flexibility index (Phi) is 3.96. The minimum Gasteiger partial charge on any atom is -0.451 e. The molecule has 4 aromatic rings. The first-order chi connectivity index (χ1) is 15.1. The molecule has 5 nitrogen and oxygen atoms in total. The molecule has 2 aromatic carbocycles. The number of hydrogen-bond acceptors (Lipinski definition) is 4. The van der Waals surface area contributed by atoms with Gasteiger partial charge in [0.15, 0.2) is 5.65 Å². The van der Waals surface area contributed by atoms with Crippen LogP contribution in [0.5, 0.6) is 0 Å². The van der Waals surface area contributed by atoms with E-state index in [9.17, 15) is 9.18 Å². The fourth-order valence-electron chi connectivity index (χ4n) is 4.99. The summed E-state index contributed by atoms with van der Waals surface area (Å²) in [6.07, 6.45) is 5.10. The van der Waals surface area contributed by atoms with Gasteiger partial charge in [-0.05, 0) is 55.5 Å². The van der Waals surface area contributed by atoms with E-state index in [4.69, 9.17) is 9.72 Å². The Hall–Kier alpha value is -3.54. The number of halogens is 1. The van der Waals surface area contributed by atoms with Crippen LogP contribution < -0.4 is 0 Å². The number of imidazole rings is 1. The zero-order valence-electron chi connectivity index (χ0n) is 16.8. The summed E-state index contributed by atoms with van der Waals surface area (Å²) >= 11 is 0. The first-order valence-electron chi connectivity index (χ1n) is 10.6. The quantitative estimate of drug-likeness (QED) is 0.442. The van der Waals surface area contributed by atoms with E-state index in [1.54, 1.807) is 18.3 Å². The van der Waals surface area contributed by atoms with Crippen LogP contribution in [0.2, 0.25) is 0 Å². The van der Waals surface area contributed by atoms with Crippen LogP contribution in [0, 0.1) is 5.82 Å². The molecule has 3 heterocycles. The van der Waals surface area contributed by atoms with Crippen molar-refractivity contribution in [1.29, 1.82) is 0 Å². The summed E-state index contributed by atoms with van der Waals surface area (Å²) in [5.74, 6) is 0.717. The molecule has 0 radical (unpaired) electrons. The smallest absolute Gasteiger partial charge is 0.339 e. The number of fused-ring (bicyclic) bond motifs is 3. The van der Waals surface area contributed by atoms with Gasteiger partial charge in [0.1, 0.15) is 17.2 Å². The molecule has 0 unspecified atom stereocenters. The molecule has 6 heteroatoms. The molecule has 1 N–H and O–H groups in total. The first kappa shape index (κ1) is 18.2. The number of carbonyl (C=O) groups excluding carboxylic acids is 1. The molecule has 1 fully saturated rings. The summed E-state index contributed by atoms with van der Waals surface area (Å²) in [6.45, 7) is 0. The Morgan fingerprint density at radius 3 is 2.61 bits per heavy atom. The number of carbonyl (C=O) groups is 1. The van der Waals surface area contributed by atoms with Gasteiger partial charge in [0, 0.05) is 23.2 Å². The van der Waals surface area contributed by atoms with E-state index in [-0.39, 0.29) is 17.7 Å². The minimum atomic E-state index is -0.496. The lowest BCUT2D eigenvalue weighted by atomic mass is 9.75. The van der Waals surface area contributed by atoms with Gasteiger partial charge in [-0.25, -0.2) is 19.2 Å². The Labute approximate surface area is 178 Å². The number of aromatic amines is 1. The fraction of sp³-hybridized carbons (Fsp3) is 0.240. The number of rotatable bonds is 2. The topological polar surface area (TPSA) is 67.9 Å². The number of pyridine rings is 1. The van der Waals surface area contributed by atoms with Gasteiger partial charge in [-0.1, -0.05) is 30.3 Å². The maximum Gasteiger partial charge on any atom is 0.339 e. The number of ether oxygens (including phenoxy) is 1. The van der Waals surface area contributed by atoms with E-state index >= 15 is 0 Å². The van der Waals surface area contributed by atoms with Gasteiger partial charge >= 0.3 is 5.97 Å². The average molecular weight is 413 g/mol. The van der Waals surface area contributed by atoms with Crippen LogP contribution in [-0.2, 0) is 10.3 Å². The van der Waals surface area contributed by atoms with Crippen molar-refractivity contribution in [2.75, 3.05) is 0 Å². The van der Waals surface area contributed by atoms with Crippen LogP contribution in [0.15, 0.2) is 60.8 Å². The van der Waals surface area contributed by atoms with Crippen molar-refractivity contribution < 1.29 is 13.9 Å². The summed E-state index contributed by atoms with van der Waals surface area (Å²) in [5.41, 5.74) is 4.60. The Bertz CT molecular complexity index is 1300. The van der Waals surface area contributed by atoms with E-state index in [0.717, 1.165) is 53.7 Å². The van der Waals surface area contributed by atoms with Crippen molar-refractivity contribution in [3.05, 3.63) is 83.6 Å². The zero-order valence-corrected chi connectivity index (χ0v) is 16.8. The molecule has 0 amide bonds. The summed E-state index contributed by atoms with van der Waals surface area (Å²) in [4.78, 5) is 25.0. The molecule has 1 aliphatic carbocycles. The third kappa shape index (κ3) is 2.93. The SMILES string of the molecule is O=C1O[C@]2(CC[C@H](c3nc4ncc(-c5ccc(F)cc5)cc4[nH]3)CC2)c2ccccc21. The monoisotopic (exact) mass is 413 g/mol. The van der Waals surface area contributed by atoms with Crippen LogP contribution in [-0.4, -0.2) is 20.9 Å². The molecule has 1 aliphatic heterocycles. The van der Waals surface area contributed by atoms with Gasteiger partial charge in [0.05, 0.1) is 11.1 Å². The van der Waals surface area contributed by atoms with Crippen LogP contribution in [0.1, 0.15) is 53.3 Å². The molecule has 2 aliphatic rings. The lowest BCUT2D eigenvalue weighted by molar-refractivity contribution is -0.0312. The third-order valence-corrected chi connectivity index (χ3v) is 6.64. The van der Waals surface area contributed by atoms with Gasteiger partial charge in [-0.2, -0.15) is 0 Å². The average Bonchev–Trinajstić information content (AvgIpc) is 3.34. The second-order valence-electron chi connectivity index (χ2n) is 8.43. The number of esters is 1. The number of hydrogen-bond donors (Lipinski definition) is 1. The lowest BCUT2D eigenvalue weighted by Gasteiger charge is -2.35. The number of H-pyrrole nitrogens is 1. The van der Waals surface area contributed by atoms with Crippen molar-refractivity contribution in [1.82, 2.24) is 15.0 Å². The largest absolute Gasteiger partial charge is 0.451 e. The van der Waals surface area contributed by atoms with Crippen molar-refractivity contribution in [2.24, 2.45) is 0 Å². The van der Waals surface area contributed by atoms with Crippen LogP contribution in [0.4, 0.5) is 4.39 Å². The molecular weight excluding hydrogens is 393 g/mol. The second kappa shape index (κ2) is 6.74. The van der Waals surface area contributed by atoms with E-state index < -0.39 is 5.60 Å². The Morgan fingerprint density at radius 1 is 1.03 bits per heavy atom. The van der Waals surface area contributed by atoms with E-state index in [0.29, 0.717) is 11.2 Å². The van der Waals surface area contributed by atoms with Gasteiger partial charge in [0.2, 0.25) is 0 Å². The predicted octanol–water partition coefficient (Wildman–Crippen LogP) is 5.49. The Balaban J connectivity index is 1.25. The molecule has 0 atom stereocenters. The summed E-state index contributed by atoms with van der Waals surface area (Å²) in [7, 11) is 0. The summed E-state index contributed by atoms with van der Waals surface area (Å²) < 4.78 is 19.1. The van der Waals surface area contributed by atoms with Gasteiger partial charge < -0.3 is 9.72 Å². The first-order valence-corrected chi connectivity index (χ1v) is 10.6. The minimum absolute atomic E-state index is 0.213. The second-order valence-corrected chi connectivity index (χ2v) is 8.43. The molecule has 2 aromatic heterocycles. The fourth-order valence-corrected chi connectivity index (χ4v) is 4.99.